The molecule has 16 heavy (non-hydrogen) atoms. The Bertz CT molecular complexity index is 370. The fourth-order valence-electron chi connectivity index (χ4n) is 1.99. The molecule has 1 aliphatic heterocycles. The first kappa shape index (κ1) is 11.6. The van der Waals surface area contributed by atoms with E-state index in [9.17, 15) is 0 Å². The lowest BCUT2D eigenvalue weighted by Crippen LogP contribution is -2.40. The molecule has 1 aromatic carbocycles. The van der Waals surface area contributed by atoms with Crippen LogP contribution in [0, 0.1) is 0 Å². The second-order valence-electron chi connectivity index (χ2n) is 3.98. The van der Waals surface area contributed by atoms with Gasteiger partial charge in [0.25, 0.3) is 0 Å². The molecule has 3 nitrogen and oxygen atoms in total. The Labute approximate surface area is 101 Å². The summed E-state index contributed by atoms with van der Waals surface area (Å²) in [4.78, 5) is 3.68. The number of nitrogens with zero attached hydrogens (tertiary/aromatic N) is 1. The number of hydrogen-bond acceptors (Lipinski definition) is 4. The minimum Gasteiger partial charge on any atom is -0.497 e. The number of ether oxygens (including phenoxy) is 1. The van der Waals surface area contributed by atoms with E-state index in [4.69, 9.17) is 10.5 Å². The summed E-state index contributed by atoms with van der Waals surface area (Å²) in [6, 6.07) is 6.80. The smallest absolute Gasteiger partial charge is 0.120 e. The molecule has 1 heterocycles. The van der Waals surface area contributed by atoms with Crippen molar-refractivity contribution in [1.29, 1.82) is 0 Å². The SMILES string of the molecule is COc1ccc2c(c1)SCC(C)N2CCN. The zero-order valence-corrected chi connectivity index (χ0v) is 10.6. The van der Waals surface area contributed by atoms with Gasteiger partial charge in [0.05, 0.1) is 12.8 Å². The lowest BCUT2D eigenvalue weighted by atomic mass is 10.2. The summed E-state index contributed by atoms with van der Waals surface area (Å²) in [6.07, 6.45) is 0. The van der Waals surface area contributed by atoms with Crippen molar-refractivity contribution in [3.63, 3.8) is 0 Å². The quantitative estimate of drug-likeness (QED) is 0.873. The molecule has 1 aliphatic rings. The van der Waals surface area contributed by atoms with Gasteiger partial charge in [-0.15, -0.1) is 11.8 Å². The highest BCUT2D eigenvalue weighted by molar-refractivity contribution is 7.99. The van der Waals surface area contributed by atoms with Crippen LogP contribution in [0.2, 0.25) is 0 Å². The maximum Gasteiger partial charge on any atom is 0.120 e. The number of rotatable bonds is 3. The highest BCUT2D eigenvalue weighted by Crippen LogP contribution is 2.39. The van der Waals surface area contributed by atoms with Gasteiger partial charge >= 0.3 is 0 Å². The Morgan fingerprint density at radius 3 is 3.06 bits per heavy atom. The summed E-state index contributed by atoms with van der Waals surface area (Å²) in [5.41, 5.74) is 6.95. The van der Waals surface area contributed by atoms with Crippen LogP contribution in [-0.4, -0.2) is 32.0 Å². The van der Waals surface area contributed by atoms with Crippen molar-refractivity contribution in [3.8, 4) is 5.75 Å². The van der Waals surface area contributed by atoms with Crippen LogP contribution in [0.1, 0.15) is 6.92 Å². The number of thioether (sulfide) groups is 1. The summed E-state index contributed by atoms with van der Waals surface area (Å²) >= 11 is 1.89. The predicted octanol–water partition coefficient (Wildman–Crippen LogP) is 1.95. The average molecular weight is 238 g/mol. The molecular formula is C12H18N2OS. The molecule has 0 bridgehead atoms. The van der Waals surface area contributed by atoms with Crippen molar-refractivity contribution in [2.75, 3.05) is 30.9 Å². The Hall–Kier alpha value is -0.870. The molecule has 0 spiro atoms. The fourth-order valence-corrected chi connectivity index (χ4v) is 3.13. The fraction of sp³-hybridized carbons (Fsp3) is 0.500. The zero-order valence-electron chi connectivity index (χ0n) is 9.77. The van der Waals surface area contributed by atoms with Crippen LogP contribution in [0.25, 0.3) is 0 Å². The molecule has 4 heteroatoms. The third-order valence-corrected chi connectivity index (χ3v) is 4.15. The molecule has 0 saturated carbocycles. The van der Waals surface area contributed by atoms with Gasteiger partial charge in [0.2, 0.25) is 0 Å². The molecule has 1 atom stereocenters. The zero-order chi connectivity index (χ0) is 11.5. The van der Waals surface area contributed by atoms with Crippen LogP contribution in [0.15, 0.2) is 23.1 Å². The van der Waals surface area contributed by atoms with Gasteiger partial charge in [0, 0.05) is 29.8 Å². The third kappa shape index (κ3) is 2.13. The number of hydrogen-bond donors (Lipinski definition) is 1. The van der Waals surface area contributed by atoms with Crippen LogP contribution < -0.4 is 15.4 Å². The number of benzene rings is 1. The molecule has 2 rings (SSSR count). The van der Waals surface area contributed by atoms with Gasteiger partial charge in [-0.05, 0) is 25.1 Å². The van der Waals surface area contributed by atoms with Crippen molar-refractivity contribution < 1.29 is 4.74 Å². The molecule has 0 radical (unpaired) electrons. The van der Waals surface area contributed by atoms with E-state index >= 15 is 0 Å². The van der Waals surface area contributed by atoms with Gasteiger partial charge in [-0.1, -0.05) is 0 Å². The first-order chi connectivity index (χ1) is 7.76. The molecule has 0 aromatic heterocycles. The molecule has 0 aliphatic carbocycles. The molecule has 88 valence electrons. The molecule has 1 unspecified atom stereocenters. The Morgan fingerprint density at radius 1 is 1.56 bits per heavy atom. The lowest BCUT2D eigenvalue weighted by Gasteiger charge is -2.36. The second kappa shape index (κ2) is 4.97. The summed E-state index contributed by atoms with van der Waals surface area (Å²) < 4.78 is 5.25. The van der Waals surface area contributed by atoms with Gasteiger partial charge < -0.3 is 15.4 Å². The molecule has 1 aromatic rings. The van der Waals surface area contributed by atoms with Crippen LogP contribution in [0.4, 0.5) is 5.69 Å². The van der Waals surface area contributed by atoms with Gasteiger partial charge in [-0.3, -0.25) is 0 Å². The normalized spacial score (nSPS) is 19.4. The van der Waals surface area contributed by atoms with Gasteiger partial charge in [0.15, 0.2) is 0 Å². The summed E-state index contributed by atoms with van der Waals surface area (Å²) in [7, 11) is 1.70. The first-order valence-corrected chi connectivity index (χ1v) is 6.52. The maximum absolute atomic E-state index is 5.66. The van der Waals surface area contributed by atoms with E-state index in [0.717, 1.165) is 18.0 Å². The van der Waals surface area contributed by atoms with Crippen LogP contribution in [-0.2, 0) is 0 Å². The molecule has 0 saturated heterocycles. The minimum atomic E-state index is 0.550. The topological polar surface area (TPSA) is 38.5 Å². The largest absolute Gasteiger partial charge is 0.497 e. The van der Waals surface area contributed by atoms with Crippen LogP contribution >= 0.6 is 11.8 Å². The lowest BCUT2D eigenvalue weighted by molar-refractivity contribution is 0.413. The van der Waals surface area contributed by atoms with E-state index in [1.807, 2.05) is 17.8 Å². The third-order valence-electron chi connectivity index (χ3n) is 2.86. The van der Waals surface area contributed by atoms with Gasteiger partial charge in [0.1, 0.15) is 5.75 Å². The van der Waals surface area contributed by atoms with Crippen molar-refractivity contribution in [2.24, 2.45) is 5.73 Å². The Balaban J connectivity index is 2.32. The van der Waals surface area contributed by atoms with Gasteiger partial charge in [-0.2, -0.15) is 0 Å². The van der Waals surface area contributed by atoms with E-state index in [0.29, 0.717) is 12.6 Å². The number of fused-ring (bicyclic) bond motifs is 1. The van der Waals surface area contributed by atoms with E-state index in [-0.39, 0.29) is 0 Å². The standard InChI is InChI=1S/C12H18N2OS/c1-9-8-16-12-7-10(15-2)3-4-11(12)14(9)6-5-13/h3-4,7,9H,5-6,8,13H2,1-2H3. The Kier molecular flexibility index (Phi) is 3.61. The summed E-state index contributed by atoms with van der Waals surface area (Å²) in [5, 5.41) is 0. The highest BCUT2D eigenvalue weighted by atomic mass is 32.2. The van der Waals surface area contributed by atoms with Gasteiger partial charge in [-0.25, -0.2) is 0 Å². The van der Waals surface area contributed by atoms with Crippen LogP contribution in [0.3, 0.4) is 0 Å². The predicted molar refractivity (Wildman–Crippen MR) is 69.6 cm³/mol. The average Bonchev–Trinajstić information content (AvgIpc) is 2.32. The van der Waals surface area contributed by atoms with Crippen molar-refractivity contribution in [1.82, 2.24) is 0 Å². The number of anilines is 1. The summed E-state index contributed by atoms with van der Waals surface area (Å²) in [5.74, 6) is 2.04. The minimum absolute atomic E-state index is 0.550. The second-order valence-corrected chi connectivity index (χ2v) is 5.04. The number of nitrogens with two attached hydrogens (primary N) is 1. The maximum atomic E-state index is 5.66. The number of methoxy groups -OCH3 is 1. The molecule has 2 N–H and O–H groups in total. The summed E-state index contributed by atoms with van der Waals surface area (Å²) in [6.45, 7) is 3.86. The molecule has 0 fully saturated rings. The van der Waals surface area contributed by atoms with E-state index in [2.05, 4.69) is 24.0 Å². The van der Waals surface area contributed by atoms with Crippen LogP contribution in [0.5, 0.6) is 5.75 Å². The van der Waals surface area contributed by atoms with Crippen molar-refractivity contribution in [3.05, 3.63) is 18.2 Å². The highest BCUT2D eigenvalue weighted by Gasteiger charge is 2.23. The van der Waals surface area contributed by atoms with E-state index in [1.54, 1.807) is 7.11 Å². The monoisotopic (exact) mass is 238 g/mol. The molecular weight excluding hydrogens is 220 g/mol. The molecule has 0 amide bonds. The first-order valence-electron chi connectivity index (χ1n) is 5.54. The van der Waals surface area contributed by atoms with E-state index < -0.39 is 0 Å². The Morgan fingerprint density at radius 2 is 2.38 bits per heavy atom. The van der Waals surface area contributed by atoms with Crippen molar-refractivity contribution in [2.45, 2.75) is 17.9 Å². The van der Waals surface area contributed by atoms with Crippen molar-refractivity contribution >= 4 is 17.4 Å². The van der Waals surface area contributed by atoms with E-state index in [1.165, 1.54) is 10.6 Å².